The van der Waals surface area contributed by atoms with Crippen molar-refractivity contribution in [3.63, 3.8) is 0 Å². The molecule has 3 heterocycles. The first-order chi connectivity index (χ1) is 23.1. The lowest BCUT2D eigenvalue weighted by Crippen LogP contribution is -2.47. The van der Waals surface area contributed by atoms with Crippen LogP contribution in [0.3, 0.4) is 0 Å². The van der Waals surface area contributed by atoms with Crippen molar-refractivity contribution in [3.8, 4) is 22.9 Å². The Labute approximate surface area is 281 Å². The van der Waals surface area contributed by atoms with Gasteiger partial charge in [-0.15, -0.1) is 0 Å². The Hall–Kier alpha value is -5.22. The molecule has 0 bridgehead atoms. The summed E-state index contributed by atoms with van der Waals surface area (Å²) in [5, 5.41) is 19.5. The molecule has 0 saturated carbocycles. The minimum absolute atomic E-state index is 0.0129. The molecule has 248 valence electrons. The van der Waals surface area contributed by atoms with E-state index in [1.807, 2.05) is 100 Å². The summed E-state index contributed by atoms with van der Waals surface area (Å²) in [6.45, 7) is 9.15. The quantitative estimate of drug-likeness (QED) is 0.148. The lowest BCUT2D eigenvalue weighted by atomic mass is 10.0. The van der Waals surface area contributed by atoms with E-state index in [1.54, 1.807) is 17.3 Å². The van der Waals surface area contributed by atoms with Crippen molar-refractivity contribution < 1.29 is 19.4 Å². The largest absolute Gasteiger partial charge is 0.444 e. The van der Waals surface area contributed by atoms with Crippen molar-refractivity contribution in [2.24, 2.45) is 0 Å². The lowest BCUT2D eigenvalue weighted by molar-refractivity contribution is 0.0206. The zero-order valence-corrected chi connectivity index (χ0v) is 27.8. The number of pyridine rings is 1. The number of likely N-dealkylation sites (tertiary alicyclic amines) is 1. The molecule has 0 aliphatic carbocycles. The highest BCUT2D eigenvalue weighted by Gasteiger charge is 2.28. The summed E-state index contributed by atoms with van der Waals surface area (Å²) in [5.74, 6) is 1.58. The summed E-state index contributed by atoms with van der Waals surface area (Å²) in [6.07, 6.45) is 4.19. The Morgan fingerprint density at radius 1 is 0.979 bits per heavy atom. The van der Waals surface area contributed by atoms with Crippen LogP contribution in [0.2, 0.25) is 0 Å². The highest BCUT2D eigenvalue weighted by Crippen LogP contribution is 2.38. The lowest BCUT2D eigenvalue weighted by Gasteiger charge is -2.34. The predicted octanol–water partition coefficient (Wildman–Crippen LogP) is 7.75. The first-order valence-electron chi connectivity index (χ1n) is 16.3. The van der Waals surface area contributed by atoms with Crippen LogP contribution < -0.4 is 15.4 Å². The van der Waals surface area contributed by atoms with Crippen LogP contribution in [0.1, 0.15) is 50.8 Å². The number of nitrogens with one attached hydrogen (secondary N) is 2. The first-order valence-corrected chi connectivity index (χ1v) is 16.3. The summed E-state index contributed by atoms with van der Waals surface area (Å²) in [4.78, 5) is 28.3. The Morgan fingerprint density at radius 2 is 1.81 bits per heavy atom. The van der Waals surface area contributed by atoms with Gasteiger partial charge in [0.25, 0.3) is 0 Å². The molecule has 6 rings (SSSR count). The number of ether oxygens (including phenoxy) is 2. The molecule has 1 fully saturated rings. The van der Waals surface area contributed by atoms with Crippen LogP contribution in [0, 0.1) is 6.92 Å². The van der Waals surface area contributed by atoms with Gasteiger partial charge in [0.15, 0.2) is 0 Å². The smallest absolute Gasteiger partial charge is 0.410 e. The SMILES string of the molecule is Cc1ccc2c(NC[C@H](O)c3ccccc3)cccc2c1Oc1ncccc1-c1ccnc(NC2CCCN(C(=O)OC(C)(C)C)C2)n1. The van der Waals surface area contributed by atoms with Gasteiger partial charge in [0.1, 0.15) is 11.4 Å². The molecule has 1 aliphatic heterocycles. The van der Waals surface area contributed by atoms with Crippen LogP contribution in [0.15, 0.2) is 91.3 Å². The van der Waals surface area contributed by atoms with E-state index < -0.39 is 11.7 Å². The number of aromatic nitrogens is 3. The average molecular weight is 647 g/mol. The highest BCUT2D eigenvalue weighted by molar-refractivity contribution is 5.98. The molecule has 1 aliphatic rings. The number of carbonyl (C=O) groups is 1. The maximum absolute atomic E-state index is 12.7. The Balaban J connectivity index is 1.21. The van der Waals surface area contributed by atoms with E-state index in [4.69, 9.17) is 14.5 Å². The van der Waals surface area contributed by atoms with Crippen LogP contribution in [-0.4, -0.2) is 62.3 Å². The van der Waals surface area contributed by atoms with Crippen LogP contribution >= 0.6 is 0 Å². The molecule has 48 heavy (non-hydrogen) atoms. The standard InChI is InChI=1S/C38H42N6O4/c1-25-17-18-28-29(14-8-16-31(28)41-23-33(45)26-11-6-5-7-12-26)34(25)47-35-30(15-9-20-39-35)32-19-21-40-36(43-32)42-27-13-10-22-44(24-27)37(46)48-38(2,3)4/h5-9,11-12,14-21,27,33,41,45H,10,13,22-24H2,1-4H3,(H,40,42,43)/t27?,33-/m0/s1. The number of aryl methyl sites for hydroxylation is 1. The fraction of sp³-hybridized carbons (Fsp3) is 0.316. The molecular weight excluding hydrogens is 604 g/mol. The minimum atomic E-state index is -0.645. The number of rotatable bonds is 9. The molecular formula is C38H42N6O4. The van der Waals surface area contributed by atoms with Crippen molar-refractivity contribution in [1.82, 2.24) is 19.9 Å². The minimum Gasteiger partial charge on any atom is -0.444 e. The molecule has 1 amide bonds. The molecule has 2 atom stereocenters. The van der Waals surface area contributed by atoms with E-state index >= 15 is 0 Å². The van der Waals surface area contributed by atoms with Gasteiger partial charge in [0, 0.05) is 54.5 Å². The Kier molecular flexibility index (Phi) is 9.72. The predicted molar refractivity (Wildman–Crippen MR) is 188 cm³/mol. The van der Waals surface area contributed by atoms with Gasteiger partial charge in [-0.1, -0.05) is 54.6 Å². The van der Waals surface area contributed by atoms with Gasteiger partial charge in [0.05, 0.1) is 17.4 Å². The topological polar surface area (TPSA) is 122 Å². The van der Waals surface area contributed by atoms with E-state index in [9.17, 15) is 9.90 Å². The van der Waals surface area contributed by atoms with Gasteiger partial charge >= 0.3 is 6.09 Å². The molecule has 0 radical (unpaired) electrons. The number of aliphatic hydroxyl groups is 1. The number of piperidine rings is 1. The van der Waals surface area contributed by atoms with Gasteiger partial charge in [-0.25, -0.2) is 19.7 Å². The van der Waals surface area contributed by atoms with Gasteiger partial charge in [0.2, 0.25) is 11.8 Å². The molecule has 0 spiro atoms. The number of benzene rings is 3. The van der Waals surface area contributed by atoms with Gasteiger partial charge < -0.3 is 30.1 Å². The van der Waals surface area contributed by atoms with E-state index in [-0.39, 0.29) is 12.1 Å². The Morgan fingerprint density at radius 3 is 2.62 bits per heavy atom. The number of fused-ring (bicyclic) bond motifs is 1. The first kappa shape index (κ1) is 32.7. The van der Waals surface area contributed by atoms with E-state index in [2.05, 4.69) is 26.7 Å². The summed E-state index contributed by atoms with van der Waals surface area (Å²) < 4.78 is 12.2. The molecule has 1 saturated heterocycles. The summed E-state index contributed by atoms with van der Waals surface area (Å²) in [6, 6.07) is 25.3. The molecule has 3 aromatic carbocycles. The fourth-order valence-corrected chi connectivity index (χ4v) is 5.84. The number of nitrogens with zero attached hydrogens (tertiary/aromatic N) is 4. The van der Waals surface area contributed by atoms with Crippen molar-refractivity contribution >= 4 is 28.5 Å². The van der Waals surface area contributed by atoms with Crippen LogP contribution in [0.25, 0.3) is 22.0 Å². The van der Waals surface area contributed by atoms with Crippen LogP contribution in [0.4, 0.5) is 16.4 Å². The van der Waals surface area contributed by atoms with Crippen LogP contribution in [0.5, 0.6) is 11.6 Å². The molecule has 5 aromatic rings. The summed E-state index contributed by atoms with van der Waals surface area (Å²) in [5.41, 5.74) is 3.54. The van der Waals surface area contributed by atoms with Crippen molar-refractivity contribution in [1.29, 1.82) is 0 Å². The second-order valence-electron chi connectivity index (χ2n) is 13.1. The van der Waals surface area contributed by atoms with Crippen molar-refractivity contribution in [2.75, 3.05) is 30.3 Å². The van der Waals surface area contributed by atoms with E-state index in [0.717, 1.165) is 46.0 Å². The maximum atomic E-state index is 12.7. The van der Waals surface area contributed by atoms with E-state index in [1.165, 1.54) is 0 Å². The highest BCUT2D eigenvalue weighted by atomic mass is 16.6. The number of aliphatic hydroxyl groups excluding tert-OH is 1. The fourth-order valence-electron chi connectivity index (χ4n) is 5.84. The molecule has 2 aromatic heterocycles. The van der Waals surface area contributed by atoms with Crippen molar-refractivity contribution in [2.45, 2.75) is 58.3 Å². The van der Waals surface area contributed by atoms with Crippen molar-refractivity contribution in [3.05, 3.63) is 102 Å². The third-order valence-electron chi connectivity index (χ3n) is 8.19. The molecule has 1 unspecified atom stereocenters. The van der Waals surface area contributed by atoms with Crippen LogP contribution in [-0.2, 0) is 4.74 Å². The number of hydrogen-bond acceptors (Lipinski definition) is 9. The van der Waals surface area contributed by atoms with Gasteiger partial charge in [-0.3, -0.25) is 0 Å². The molecule has 10 nitrogen and oxygen atoms in total. The normalized spacial score (nSPS) is 15.5. The maximum Gasteiger partial charge on any atom is 0.410 e. The number of hydrogen-bond donors (Lipinski definition) is 3. The van der Waals surface area contributed by atoms with Gasteiger partial charge in [-0.2, -0.15) is 0 Å². The number of carbonyl (C=O) groups excluding carboxylic acids is 1. The third kappa shape index (κ3) is 7.83. The monoisotopic (exact) mass is 646 g/mol. The zero-order valence-electron chi connectivity index (χ0n) is 27.8. The third-order valence-corrected chi connectivity index (χ3v) is 8.19. The molecule has 3 N–H and O–H groups in total. The average Bonchev–Trinajstić information content (AvgIpc) is 3.08. The second kappa shape index (κ2) is 14.3. The second-order valence-corrected chi connectivity index (χ2v) is 13.1. The van der Waals surface area contributed by atoms with E-state index in [0.29, 0.717) is 42.9 Å². The van der Waals surface area contributed by atoms with Gasteiger partial charge in [-0.05, 0) is 75.9 Å². The summed E-state index contributed by atoms with van der Waals surface area (Å²) in [7, 11) is 0. The molecule has 10 heteroatoms. The number of amides is 1. The summed E-state index contributed by atoms with van der Waals surface area (Å²) >= 11 is 0. The number of anilines is 2. The zero-order chi connectivity index (χ0) is 33.7. The Bertz CT molecular complexity index is 1880.